The monoisotopic (exact) mass is 161 g/mol. The van der Waals surface area contributed by atoms with E-state index in [4.69, 9.17) is 7.85 Å². The zero-order valence-electron chi connectivity index (χ0n) is 7.49. The molecule has 0 aromatic carbocycles. The van der Waals surface area contributed by atoms with E-state index in [1.165, 1.54) is 0 Å². The fraction of sp³-hybridized carbons (Fsp3) is 0.500. The van der Waals surface area contributed by atoms with Gasteiger partial charge in [-0.15, -0.1) is 0 Å². The smallest absolute Gasteiger partial charge is 0.225 e. The minimum atomic E-state index is 0.603. The second-order valence-corrected chi connectivity index (χ2v) is 2.49. The van der Waals surface area contributed by atoms with Gasteiger partial charge in [0.25, 0.3) is 0 Å². The minimum absolute atomic E-state index is 0.603. The van der Waals surface area contributed by atoms with E-state index < -0.39 is 0 Å². The molecule has 1 rings (SSSR count). The van der Waals surface area contributed by atoms with Crippen molar-refractivity contribution in [2.24, 2.45) is 0 Å². The van der Waals surface area contributed by atoms with E-state index in [-0.39, 0.29) is 0 Å². The lowest BCUT2D eigenvalue weighted by Gasteiger charge is -2.17. The largest absolute Gasteiger partial charge is 0.341 e. The van der Waals surface area contributed by atoms with Gasteiger partial charge >= 0.3 is 0 Å². The lowest BCUT2D eigenvalue weighted by molar-refractivity contribution is 0.822. The molecule has 0 saturated heterocycles. The summed E-state index contributed by atoms with van der Waals surface area (Å²) in [6, 6.07) is 0. The van der Waals surface area contributed by atoms with E-state index in [0.29, 0.717) is 5.46 Å². The highest BCUT2D eigenvalue weighted by molar-refractivity contribution is 6.31. The predicted molar refractivity (Wildman–Crippen MR) is 51.0 cm³/mol. The third-order valence-electron chi connectivity index (χ3n) is 1.70. The molecule has 1 aromatic heterocycles. The molecule has 62 valence electrons. The van der Waals surface area contributed by atoms with E-state index in [0.717, 1.165) is 19.0 Å². The van der Waals surface area contributed by atoms with Crippen LogP contribution in [-0.4, -0.2) is 30.9 Å². The van der Waals surface area contributed by atoms with E-state index >= 15 is 0 Å². The van der Waals surface area contributed by atoms with Crippen molar-refractivity contribution in [1.82, 2.24) is 9.97 Å². The van der Waals surface area contributed by atoms with Crippen LogP contribution in [0.25, 0.3) is 0 Å². The van der Waals surface area contributed by atoms with Gasteiger partial charge in [-0.2, -0.15) is 0 Å². The Hall–Kier alpha value is -1.06. The van der Waals surface area contributed by atoms with E-state index in [1.54, 1.807) is 12.4 Å². The summed E-state index contributed by atoms with van der Waals surface area (Å²) in [5.41, 5.74) is 0.603. The van der Waals surface area contributed by atoms with Crippen LogP contribution in [0.2, 0.25) is 0 Å². The molecule has 0 unspecified atom stereocenters. The van der Waals surface area contributed by atoms with Gasteiger partial charge in [0.05, 0.1) is 0 Å². The van der Waals surface area contributed by atoms with Gasteiger partial charge in [0, 0.05) is 25.5 Å². The van der Waals surface area contributed by atoms with Crippen molar-refractivity contribution < 1.29 is 0 Å². The Morgan fingerprint density at radius 2 is 1.75 bits per heavy atom. The lowest BCUT2D eigenvalue weighted by Crippen LogP contribution is -2.25. The van der Waals surface area contributed by atoms with Crippen molar-refractivity contribution in [3.05, 3.63) is 12.4 Å². The molecule has 0 saturated carbocycles. The first-order chi connectivity index (χ1) is 5.77. The molecule has 12 heavy (non-hydrogen) atoms. The van der Waals surface area contributed by atoms with Crippen LogP contribution in [0.1, 0.15) is 13.8 Å². The van der Waals surface area contributed by atoms with Crippen LogP contribution in [0.3, 0.4) is 0 Å². The first kappa shape index (κ1) is 9.04. The maximum Gasteiger partial charge on any atom is 0.225 e. The summed E-state index contributed by atoms with van der Waals surface area (Å²) in [7, 11) is 5.47. The summed E-state index contributed by atoms with van der Waals surface area (Å²) in [6.07, 6.45) is 3.25. The number of rotatable bonds is 3. The Labute approximate surface area is 74.2 Å². The van der Waals surface area contributed by atoms with Gasteiger partial charge in [0.15, 0.2) is 0 Å². The molecule has 0 bridgehead atoms. The quantitative estimate of drug-likeness (QED) is 0.589. The number of aromatic nitrogens is 2. The maximum atomic E-state index is 5.47. The van der Waals surface area contributed by atoms with Gasteiger partial charge in [-0.05, 0) is 13.8 Å². The fourth-order valence-corrected chi connectivity index (χ4v) is 1.00. The molecule has 0 N–H and O–H groups in total. The van der Waals surface area contributed by atoms with Gasteiger partial charge in [0.1, 0.15) is 7.85 Å². The first-order valence-corrected chi connectivity index (χ1v) is 4.10. The van der Waals surface area contributed by atoms with Crippen molar-refractivity contribution in [2.45, 2.75) is 13.8 Å². The molecule has 0 atom stereocenters. The Balaban J connectivity index is 2.80. The van der Waals surface area contributed by atoms with Gasteiger partial charge in [-0.25, -0.2) is 9.97 Å². The highest BCUT2D eigenvalue weighted by Gasteiger charge is 2.02. The third-order valence-corrected chi connectivity index (χ3v) is 1.70. The summed E-state index contributed by atoms with van der Waals surface area (Å²) in [5.74, 6) is 0.745. The molecule has 3 nitrogen and oxygen atoms in total. The maximum absolute atomic E-state index is 5.47. The van der Waals surface area contributed by atoms with Crippen LogP contribution in [0.4, 0.5) is 5.95 Å². The summed E-state index contributed by atoms with van der Waals surface area (Å²) in [4.78, 5) is 10.3. The molecule has 4 heteroatoms. The molecule has 0 aliphatic carbocycles. The van der Waals surface area contributed by atoms with E-state index in [1.807, 2.05) is 0 Å². The minimum Gasteiger partial charge on any atom is -0.341 e. The van der Waals surface area contributed by atoms with Crippen LogP contribution >= 0.6 is 0 Å². The van der Waals surface area contributed by atoms with Crippen LogP contribution < -0.4 is 10.4 Å². The predicted octanol–water partition coefficient (Wildman–Crippen LogP) is 0.117. The SMILES string of the molecule is [B]c1cnc(N(CC)CC)nc1. The van der Waals surface area contributed by atoms with Crippen molar-refractivity contribution in [2.75, 3.05) is 18.0 Å². The van der Waals surface area contributed by atoms with E-state index in [2.05, 4.69) is 28.7 Å². The Morgan fingerprint density at radius 1 is 1.25 bits per heavy atom. The highest BCUT2D eigenvalue weighted by Crippen LogP contribution is 2.01. The summed E-state index contributed by atoms with van der Waals surface area (Å²) < 4.78 is 0. The molecule has 0 spiro atoms. The molecular formula is C8H12BN3. The third kappa shape index (κ3) is 1.97. The van der Waals surface area contributed by atoms with E-state index in [9.17, 15) is 0 Å². The number of hydrogen-bond acceptors (Lipinski definition) is 3. The molecule has 1 heterocycles. The van der Waals surface area contributed by atoms with Crippen LogP contribution in [0, 0.1) is 0 Å². The standard InChI is InChI=1S/C8H12BN3/c1-3-12(4-2)8-10-5-7(9)6-11-8/h5-6H,3-4H2,1-2H3. The average Bonchev–Trinajstić information content (AvgIpc) is 2.10. The van der Waals surface area contributed by atoms with Crippen LogP contribution in [0.15, 0.2) is 12.4 Å². The summed E-state index contributed by atoms with van der Waals surface area (Å²) >= 11 is 0. The van der Waals surface area contributed by atoms with Crippen molar-refractivity contribution >= 4 is 19.3 Å². The normalized spacial score (nSPS) is 9.83. The second-order valence-electron chi connectivity index (χ2n) is 2.49. The molecular weight excluding hydrogens is 149 g/mol. The molecule has 0 fully saturated rings. The van der Waals surface area contributed by atoms with Crippen LogP contribution in [0.5, 0.6) is 0 Å². The molecule has 0 aliphatic rings. The Bertz CT molecular complexity index is 231. The molecule has 0 amide bonds. The molecule has 2 radical (unpaired) electrons. The average molecular weight is 161 g/mol. The molecule has 1 aromatic rings. The van der Waals surface area contributed by atoms with Gasteiger partial charge < -0.3 is 4.90 Å². The Morgan fingerprint density at radius 3 is 2.17 bits per heavy atom. The number of nitrogens with zero attached hydrogens (tertiary/aromatic N) is 3. The fourth-order valence-electron chi connectivity index (χ4n) is 1.00. The van der Waals surface area contributed by atoms with Gasteiger partial charge in [0.2, 0.25) is 5.95 Å². The Kier molecular flexibility index (Phi) is 3.08. The first-order valence-electron chi connectivity index (χ1n) is 4.10. The lowest BCUT2D eigenvalue weighted by atomic mass is 10.0. The van der Waals surface area contributed by atoms with Gasteiger partial charge in [-0.1, -0.05) is 5.46 Å². The number of anilines is 1. The number of hydrogen-bond donors (Lipinski definition) is 0. The van der Waals surface area contributed by atoms with Gasteiger partial charge in [-0.3, -0.25) is 0 Å². The highest BCUT2D eigenvalue weighted by atomic mass is 15.2. The topological polar surface area (TPSA) is 29.0 Å². The second kappa shape index (κ2) is 4.09. The van der Waals surface area contributed by atoms with Crippen LogP contribution in [-0.2, 0) is 0 Å². The molecule has 0 aliphatic heterocycles. The van der Waals surface area contributed by atoms with Crippen molar-refractivity contribution in [3.8, 4) is 0 Å². The van der Waals surface area contributed by atoms with Crippen molar-refractivity contribution in [1.29, 1.82) is 0 Å². The summed E-state index contributed by atoms with van der Waals surface area (Å²) in [6.45, 7) is 5.98. The zero-order valence-corrected chi connectivity index (χ0v) is 7.49. The zero-order chi connectivity index (χ0) is 8.97. The van der Waals surface area contributed by atoms with Crippen molar-refractivity contribution in [3.63, 3.8) is 0 Å². The summed E-state index contributed by atoms with van der Waals surface area (Å²) in [5, 5.41) is 0.